The Bertz CT molecular complexity index is 499. The first-order chi connectivity index (χ1) is 9.04. The SMILES string of the molecule is COC(=O)C1CCCCN1c1nn(C)cc1[N+](=O)[O-]. The number of nitro groups is 1. The highest BCUT2D eigenvalue weighted by Gasteiger charge is 2.35. The first-order valence-electron chi connectivity index (χ1n) is 6.07. The molecule has 1 aromatic rings. The number of carbonyl (C=O) groups is 1. The van der Waals surface area contributed by atoms with Gasteiger partial charge in [-0.1, -0.05) is 0 Å². The number of methoxy groups -OCH3 is 1. The average Bonchev–Trinajstić information content (AvgIpc) is 2.80. The summed E-state index contributed by atoms with van der Waals surface area (Å²) < 4.78 is 6.15. The second-order valence-corrected chi connectivity index (χ2v) is 4.50. The van der Waals surface area contributed by atoms with E-state index >= 15 is 0 Å². The predicted molar refractivity (Wildman–Crippen MR) is 66.9 cm³/mol. The van der Waals surface area contributed by atoms with Gasteiger partial charge in [0.2, 0.25) is 5.82 Å². The molecule has 0 amide bonds. The van der Waals surface area contributed by atoms with Crippen molar-refractivity contribution in [1.29, 1.82) is 0 Å². The number of hydrogen-bond acceptors (Lipinski definition) is 6. The number of hydrogen-bond donors (Lipinski definition) is 0. The molecule has 1 aliphatic rings. The molecule has 0 radical (unpaired) electrons. The first-order valence-corrected chi connectivity index (χ1v) is 6.07. The molecule has 0 saturated carbocycles. The molecule has 2 rings (SSSR count). The molecule has 0 N–H and O–H groups in total. The summed E-state index contributed by atoms with van der Waals surface area (Å²) in [7, 11) is 2.94. The van der Waals surface area contributed by atoms with E-state index in [0.717, 1.165) is 12.8 Å². The molecule has 0 spiro atoms. The van der Waals surface area contributed by atoms with Gasteiger partial charge in [0.05, 0.1) is 12.0 Å². The zero-order valence-corrected chi connectivity index (χ0v) is 10.9. The molecule has 0 aromatic carbocycles. The van der Waals surface area contributed by atoms with Crippen LogP contribution in [0.3, 0.4) is 0 Å². The molecule has 8 heteroatoms. The van der Waals surface area contributed by atoms with Crippen LogP contribution >= 0.6 is 0 Å². The quantitative estimate of drug-likeness (QED) is 0.459. The molecular weight excluding hydrogens is 252 g/mol. The Morgan fingerprint density at radius 1 is 1.58 bits per heavy atom. The fourth-order valence-electron chi connectivity index (χ4n) is 2.36. The van der Waals surface area contributed by atoms with Gasteiger partial charge in [0.1, 0.15) is 12.2 Å². The molecular formula is C11H16N4O4. The molecule has 19 heavy (non-hydrogen) atoms. The fraction of sp³-hybridized carbons (Fsp3) is 0.636. The third-order valence-corrected chi connectivity index (χ3v) is 3.24. The zero-order chi connectivity index (χ0) is 14.0. The molecule has 2 heterocycles. The lowest BCUT2D eigenvalue weighted by atomic mass is 10.0. The van der Waals surface area contributed by atoms with Crippen molar-refractivity contribution in [2.45, 2.75) is 25.3 Å². The van der Waals surface area contributed by atoms with Crippen molar-refractivity contribution in [3.63, 3.8) is 0 Å². The summed E-state index contributed by atoms with van der Waals surface area (Å²) >= 11 is 0. The van der Waals surface area contributed by atoms with Gasteiger partial charge in [0.25, 0.3) is 0 Å². The van der Waals surface area contributed by atoms with E-state index in [1.807, 2.05) is 0 Å². The van der Waals surface area contributed by atoms with E-state index in [4.69, 9.17) is 4.74 Å². The topological polar surface area (TPSA) is 90.5 Å². The minimum atomic E-state index is -0.493. The Labute approximate surface area is 110 Å². The maximum Gasteiger partial charge on any atom is 0.330 e. The molecule has 8 nitrogen and oxygen atoms in total. The van der Waals surface area contributed by atoms with Crippen molar-refractivity contribution in [2.24, 2.45) is 7.05 Å². The van der Waals surface area contributed by atoms with Gasteiger partial charge >= 0.3 is 11.7 Å². The third-order valence-electron chi connectivity index (χ3n) is 3.24. The van der Waals surface area contributed by atoms with Crippen LogP contribution in [0.25, 0.3) is 0 Å². The third kappa shape index (κ3) is 2.51. The summed E-state index contributed by atoms with van der Waals surface area (Å²) in [6.45, 7) is 0.567. The highest BCUT2D eigenvalue weighted by molar-refractivity contribution is 5.81. The standard InChI is InChI=1S/C11H16N4O4/c1-13-7-9(15(17)18)10(12-13)14-6-4-3-5-8(14)11(16)19-2/h7-8H,3-6H2,1-2H3. The Morgan fingerprint density at radius 2 is 2.32 bits per heavy atom. The molecule has 1 unspecified atom stereocenters. The van der Waals surface area contributed by atoms with Crippen LogP contribution in [0, 0.1) is 10.1 Å². The van der Waals surface area contributed by atoms with Crippen molar-refractivity contribution in [3.8, 4) is 0 Å². The second-order valence-electron chi connectivity index (χ2n) is 4.50. The highest BCUT2D eigenvalue weighted by Crippen LogP contribution is 2.31. The molecule has 104 valence electrons. The van der Waals surface area contributed by atoms with Gasteiger partial charge in [-0.2, -0.15) is 0 Å². The number of piperidine rings is 1. The van der Waals surface area contributed by atoms with Crippen LogP contribution in [0.1, 0.15) is 19.3 Å². The first kappa shape index (κ1) is 13.3. The lowest BCUT2D eigenvalue weighted by Crippen LogP contribution is -2.45. The van der Waals surface area contributed by atoms with Gasteiger partial charge in [0, 0.05) is 13.6 Å². The Balaban J connectivity index is 2.37. The second kappa shape index (κ2) is 5.25. The lowest BCUT2D eigenvalue weighted by Gasteiger charge is -2.33. The number of aryl methyl sites for hydroxylation is 1. The maximum absolute atomic E-state index is 11.8. The van der Waals surface area contributed by atoms with Crippen LogP contribution < -0.4 is 4.90 Å². The Kier molecular flexibility index (Phi) is 3.68. The van der Waals surface area contributed by atoms with E-state index in [1.165, 1.54) is 18.0 Å². The van der Waals surface area contributed by atoms with E-state index in [0.29, 0.717) is 13.0 Å². The number of aromatic nitrogens is 2. The summed E-state index contributed by atoms with van der Waals surface area (Å²) in [6.07, 6.45) is 3.75. The van der Waals surface area contributed by atoms with Crippen LogP contribution in [0.15, 0.2) is 6.20 Å². The van der Waals surface area contributed by atoms with Crippen LogP contribution in [0.4, 0.5) is 11.5 Å². The van der Waals surface area contributed by atoms with Crippen LogP contribution in [0.2, 0.25) is 0 Å². The maximum atomic E-state index is 11.8. The van der Waals surface area contributed by atoms with E-state index in [2.05, 4.69) is 5.10 Å². The van der Waals surface area contributed by atoms with E-state index in [-0.39, 0.29) is 17.5 Å². The molecule has 1 atom stereocenters. The van der Waals surface area contributed by atoms with Gasteiger partial charge in [-0.3, -0.25) is 14.8 Å². The molecule has 1 aromatic heterocycles. The Morgan fingerprint density at radius 3 is 2.95 bits per heavy atom. The smallest absolute Gasteiger partial charge is 0.330 e. The zero-order valence-electron chi connectivity index (χ0n) is 10.9. The number of esters is 1. The summed E-state index contributed by atoms with van der Waals surface area (Å²) in [5, 5.41) is 15.1. The van der Waals surface area contributed by atoms with Gasteiger partial charge in [-0.15, -0.1) is 5.10 Å². The monoisotopic (exact) mass is 268 g/mol. The number of carbonyl (C=O) groups excluding carboxylic acids is 1. The largest absolute Gasteiger partial charge is 0.467 e. The number of rotatable bonds is 3. The molecule has 0 bridgehead atoms. The van der Waals surface area contributed by atoms with Crippen molar-refractivity contribution in [2.75, 3.05) is 18.6 Å². The minimum Gasteiger partial charge on any atom is -0.467 e. The van der Waals surface area contributed by atoms with Crippen molar-refractivity contribution >= 4 is 17.5 Å². The summed E-state index contributed by atoms with van der Waals surface area (Å²) in [5.41, 5.74) is -0.0849. The van der Waals surface area contributed by atoms with E-state index in [1.54, 1.807) is 11.9 Å². The molecule has 1 fully saturated rings. The number of anilines is 1. The minimum absolute atomic E-state index is 0.0849. The summed E-state index contributed by atoms with van der Waals surface area (Å²) in [4.78, 5) is 24.0. The van der Waals surface area contributed by atoms with Gasteiger partial charge in [-0.25, -0.2) is 4.79 Å². The molecule has 1 saturated heterocycles. The van der Waals surface area contributed by atoms with Gasteiger partial charge in [-0.05, 0) is 19.3 Å². The van der Waals surface area contributed by atoms with Crippen LogP contribution in [0.5, 0.6) is 0 Å². The summed E-state index contributed by atoms with van der Waals surface area (Å²) in [6, 6.07) is -0.493. The normalized spacial score (nSPS) is 19.3. The fourth-order valence-corrected chi connectivity index (χ4v) is 2.36. The van der Waals surface area contributed by atoms with Crippen molar-refractivity contribution < 1.29 is 14.5 Å². The van der Waals surface area contributed by atoms with E-state index in [9.17, 15) is 14.9 Å². The van der Waals surface area contributed by atoms with Crippen LogP contribution in [-0.4, -0.2) is 40.4 Å². The van der Waals surface area contributed by atoms with Crippen molar-refractivity contribution in [3.05, 3.63) is 16.3 Å². The molecule has 1 aliphatic heterocycles. The summed E-state index contributed by atoms with van der Waals surface area (Å²) in [5.74, 6) is -0.137. The van der Waals surface area contributed by atoms with Gasteiger partial charge in [0.15, 0.2) is 0 Å². The average molecular weight is 268 g/mol. The van der Waals surface area contributed by atoms with Crippen LogP contribution in [-0.2, 0) is 16.6 Å². The number of nitrogens with zero attached hydrogens (tertiary/aromatic N) is 4. The highest BCUT2D eigenvalue weighted by atomic mass is 16.6. The van der Waals surface area contributed by atoms with Gasteiger partial charge < -0.3 is 9.64 Å². The molecule has 0 aliphatic carbocycles. The Hall–Kier alpha value is -2.12. The van der Waals surface area contributed by atoms with E-state index < -0.39 is 11.0 Å². The number of ether oxygens (including phenoxy) is 1. The lowest BCUT2D eigenvalue weighted by molar-refractivity contribution is -0.384. The predicted octanol–water partition coefficient (Wildman–Crippen LogP) is 0.860. The van der Waals surface area contributed by atoms with Crippen molar-refractivity contribution in [1.82, 2.24) is 9.78 Å².